The smallest absolute Gasteiger partial charge is 0.198 e. The molecule has 0 saturated heterocycles. The Balaban J connectivity index is 2.14. The van der Waals surface area contributed by atoms with Crippen molar-refractivity contribution in [3.8, 4) is 11.5 Å². The Hall–Kier alpha value is -2.56. The molecule has 0 saturated carbocycles. The van der Waals surface area contributed by atoms with Gasteiger partial charge in [0.25, 0.3) is 0 Å². The van der Waals surface area contributed by atoms with Crippen LogP contribution in [0.15, 0.2) is 53.6 Å². The molecule has 132 valence electrons. The van der Waals surface area contributed by atoms with E-state index in [1.807, 2.05) is 0 Å². The molecule has 0 bridgehead atoms. The number of phenols is 1. The summed E-state index contributed by atoms with van der Waals surface area (Å²) in [7, 11) is 0. The third-order valence-electron chi connectivity index (χ3n) is 4.00. The summed E-state index contributed by atoms with van der Waals surface area (Å²) in [5, 5.41) is 11.1. The van der Waals surface area contributed by atoms with Crippen LogP contribution in [0, 0.1) is 0 Å². The molecule has 1 aliphatic rings. The SMILES string of the molecule is C=C(Cl)COc1cccc2c1C(=O)c1ccc(CC(=C)Cl)c(O)c1C2=O. The van der Waals surface area contributed by atoms with Gasteiger partial charge in [0.2, 0.25) is 0 Å². The second-order valence-electron chi connectivity index (χ2n) is 5.83. The summed E-state index contributed by atoms with van der Waals surface area (Å²) in [4.78, 5) is 25.9. The van der Waals surface area contributed by atoms with Crippen molar-refractivity contribution in [2.75, 3.05) is 6.61 Å². The second-order valence-corrected chi connectivity index (χ2v) is 6.90. The molecule has 0 aliphatic heterocycles. The third kappa shape index (κ3) is 3.14. The van der Waals surface area contributed by atoms with Crippen LogP contribution >= 0.6 is 23.2 Å². The van der Waals surface area contributed by atoms with Crippen molar-refractivity contribution in [1.29, 1.82) is 0 Å². The van der Waals surface area contributed by atoms with Crippen LogP contribution in [0.2, 0.25) is 0 Å². The summed E-state index contributed by atoms with van der Waals surface area (Å²) in [6.07, 6.45) is 0.190. The molecule has 1 aliphatic carbocycles. The van der Waals surface area contributed by atoms with Gasteiger partial charge in [-0.2, -0.15) is 0 Å². The molecule has 0 heterocycles. The fourth-order valence-electron chi connectivity index (χ4n) is 2.90. The maximum atomic E-state index is 13.0. The molecule has 4 nitrogen and oxygen atoms in total. The lowest BCUT2D eigenvalue weighted by Gasteiger charge is -2.22. The number of carbonyl (C=O) groups excluding carboxylic acids is 2. The predicted molar refractivity (Wildman–Crippen MR) is 101 cm³/mol. The lowest BCUT2D eigenvalue weighted by molar-refractivity contribution is 0.0973. The average molecular weight is 389 g/mol. The van der Waals surface area contributed by atoms with Crippen LogP contribution in [-0.4, -0.2) is 23.3 Å². The number of hydrogen-bond acceptors (Lipinski definition) is 4. The van der Waals surface area contributed by atoms with Crippen molar-refractivity contribution in [3.05, 3.63) is 81.4 Å². The highest BCUT2D eigenvalue weighted by Gasteiger charge is 2.35. The molecule has 2 aromatic carbocycles. The number of phenolic OH excluding ortho intramolecular Hbond substituents is 1. The number of fused-ring (bicyclic) bond motifs is 2. The van der Waals surface area contributed by atoms with Crippen molar-refractivity contribution in [3.63, 3.8) is 0 Å². The number of hydrogen-bond donors (Lipinski definition) is 1. The molecule has 0 amide bonds. The Morgan fingerprint density at radius 2 is 1.62 bits per heavy atom. The molecule has 26 heavy (non-hydrogen) atoms. The molecular weight excluding hydrogens is 375 g/mol. The van der Waals surface area contributed by atoms with Gasteiger partial charge in [0.05, 0.1) is 11.1 Å². The van der Waals surface area contributed by atoms with E-state index < -0.39 is 11.6 Å². The minimum atomic E-state index is -0.454. The molecule has 0 aromatic heterocycles. The van der Waals surface area contributed by atoms with Crippen molar-refractivity contribution >= 4 is 34.8 Å². The van der Waals surface area contributed by atoms with Gasteiger partial charge in [0.1, 0.15) is 18.1 Å². The summed E-state index contributed by atoms with van der Waals surface area (Å²) in [6, 6.07) is 7.77. The van der Waals surface area contributed by atoms with Gasteiger partial charge in [-0.15, -0.1) is 0 Å². The maximum absolute atomic E-state index is 13.0. The largest absolute Gasteiger partial charge is 0.507 e. The summed E-state index contributed by atoms with van der Waals surface area (Å²) in [5.41, 5.74) is 0.829. The van der Waals surface area contributed by atoms with Crippen molar-refractivity contribution < 1.29 is 19.4 Å². The van der Waals surface area contributed by atoms with Gasteiger partial charge < -0.3 is 9.84 Å². The fourth-order valence-corrected chi connectivity index (χ4v) is 3.10. The average Bonchev–Trinajstić information content (AvgIpc) is 2.58. The van der Waals surface area contributed by atoms with E-state index in [-0.39, 0.29) is 51.8 Å². The minimum Gasteiger partial charge on any atom is -0.507 e. The van der Waals surface area contributed by atoms with Gasteiger partial charge in [-0.25, -0.2) is 0 Å². The number of benzene rings is 2. The quantitative estimate of drug-likeness (QED) is 0.693. The van der Waals surface area contributed by atoms with E-state index in [4.69, 9.17) is 27.9 Å². The van der Waals surface area contributed by atoms with Crippen LogP contribution in [0.1, 0.15) is 37.4 Å². The number of halogens is 2. The van der Waals surface area contributed by atoms with Crippen LogP contribution in [0.5, 0.6) is 11.5 Å². The number of rotatable bonds is 5. The van der Waals surface area contributed by atoms with Crippen LogP contribution in [0.25, 0.3) is 0 Å². The fraction of sp³-hybridized carbons (Fsp3) is 0.100. The first-order valence-corrected chi connectivity index (χ1v) is 8.43. The highest BCUT2D eigenvalue weighted by molar-refractivity contribution is 6.31. The normalized spacial score (nSPS) is 12.4. The van der Waals surface area contributed by atoms with Crippen molar-refractivity contribution in [2.45, 2.75) is 6.42 Å². The van der Waals surface area contributed by atoms with Gasteiger partial charge in [-0.05, 0) is 17.7 Å². The lowest BCUT2D eigenvalue weighted by atomic mass is 9.82. The van der Waals surface area contributed by atoms with Gasteiger partial charge in [-0.3, -0.25) is 9.59 Å². The zero-order chi connectivity index (χ0) is 19.0. The van der Waals surface area contributed by atoms with Crippen molar-refractivity contribution in [2.24, 2.45) is 0 Å². The van der Waals surface area contributed by atoms with Gasteiger partial charge >= 0.3 is 0 Å². The molecule has 0 spiro atoms. The summed E-state index contributed by atoms with van der Waals surface area (Å²) >= 11 is 11.5. The van der Waals surface area contributed by atoms with E-state index in [1.54, 1.807) is 18.2 Å². The van der Waals surface area contributed by atoms with E-state index in [2.05, 4.69) is 13.2 Å². The number of ether oxygens (including phenoxy) is 1. The first kappa shape index (κ1) is 18.2. The van der Waals surface area contributed by atoms with E-state index in [9.17, 15) is 14.7 Å². The maximum Gasteiger partial charge on any atom is 0.198 e. The minimum absolute atomic E-state index is 0.00829. The van der Waals surface area contributed by atoms with E-state index in [0.29, 0.717) is 10.6 Å². The predicted octanol–water partition coefficient (Wildman–Crippen LogP) is 4.59. The monoisotopic (exact) mass is 388 g/mol. The Bertz CT molecular complexity index is 976. The molecule has 1 N–H and O–H groups in total. The standard InChI is InChI=1S/C20H14Cl2O4/c1-10(21)8-12-6-7-14-17(18(12)23)20(25)13-4-3-5-15(16(13)19(14)24)26-9-11(2)22/h3-7,23H,1-2,8-9H2. The molecule has 3 rings (SSSR count). The number of allylic oxidation sites excluding steroid dienone is 1. The summed E-state index contributed by atoms with van der Waals surface area (Å²) in [6.45, 7) is 7.13. The Labute approximate surface area is 160 Å². The summed E-state index contributed by atoms with van der Waals surface area (Å²) in [5.74, 6) is -0.874. The second kappa shape index (κ2) is 6.98. The number of ketones is 2. The highest BCUT2D eigenvalue weighted by Crippen LogP contribution is 2.38. The Kier molecular flexibility index (Phi) is 4.90. The lowest BCUT2D eigenvalue weighted by Crippen LogP contribution is -2.22. The molecule has 6 heteroatoms. The van der Waals surface area contributed by atoms with Crippen LogP contribution in [0.3, 0.4) is 0 Å². The van der Waals surface area contributed by atoms with E-state index in [0.717, 1.165) is 0 Å². The Morgan fingerprint density at radius 1 is 0.962 bits per heavy atom. The molecule has 2 aromatic rings. The van der Waals surface area contributed by atoms with Crippen LogP contribution < -0.4 is 4.74 Å². The Morgan fingerprint density at radius 3 is 2.27 bits per heavy atom. The van der Waals surface area contributed by atoms with Gasteiger partial charge in [-0.1, -0.05) is 54.6 Å². The van der Waals surface area contributed by atoms with E-state index >= 15 is 0 Å². The molecule has 0 fully saturated rings. The molecule has 0 atom stereocenters. The molecule has 0 unspecified atom stereocenters. The molecule has 0 radical (unpaired) electrons. The highest BCUT2D eigenvalue weighted by atomic mass is 35.5. The zero-order valence-electron chi connectivity index (χ0n) is 13.6. The van der Waals surface area contributed by atoms with Crippen molar-refractivity contribution in [1.82, 2.24) is 0 Å². The molecular formula is C20H14Cl2O4. The number of carbonyl (C=O) groups is 2. The third-order valence-corrected chi connectivity index (χ3v) is 4.24. The van der Waals surface area contributed by atoms with Crippen LogP contribution in [0.4, 0.5) is 0 Å². The zero-order valence-corrected chi connectivity index (χ0v) is 15.2. The summed E-state index contributed by atoms with van der Waals surface area (Å²) < 4.78 is 5.51. The first-order chi connectivity index (χ1) is 12.3. The topological polar surface area (TPSA) is 63.6 Å². The van der Waals surface area contributed by atoms with Gasteiger partial charge in [0, 0.05) is 27.6 Å². The van der Waals surface area contributed by atoms with E-state index in [1.165, 1.54) is 12.1 Å². The van der Waals surface area contributed by atoms with Crippen LogP contribution in [-0.2, 0) is 6.42 Å². The van der Waals surface area contributed by atoms with Gasteiger partial charge in [0.15, 0.2) is 11.6 Å². The number of aromatic hydroxyl groups is 1. The first-order valence-electron chi connectivity index (χ1n) is 7.68.